The quantitative estimate of drug-likeness (QED) is 0.654. The Hall–Kier alpha value is -2.56. The van der Waals surface area contributed by atoms with Gasteiger partial charge in [-0.2, -0.15) is 0 Å². The van der Waals surface area contributed by atoms with Crippen LogP contribution in [-0.4, -0.2) is 23.2 Å². The molecule has 0 saturated heterocycles. The summed E-state index contributed by atoms with van der Waals surface area (Å²) in [5.41, 5.74) is 1.90. The van der Waals surface area contributed by atoms with Crippen molar-refractivity contribution in [2.24, 2.45) is 0 Å². The molecule has 0 aliphatic carbocycles. The standard InChI is InChI=1S/C14H14N2O3/c1-9-3-5-11(12(17)7-9)16-13-6-4-10(8-15-13)14(18)19-2/h3-8,17H,1-2H3,(H,15,16). The van der Waals surface area contributed by atoms with Gasteiger partial charge in [0.15, 0.2) is 0 Å². The molecular formula is C14H14N2O3. The Balaban J connectivity index is 2.17. The van der Waals surface area contributed by atoms with Crippen molar-refractivity contribution in [1.29, 1.82) is 0 Å². The van der Waals surface area contributed by atoms with E-state index < -0.39 is 5.97 Å². The van der Waals surface area contributed by atoms with E-state index in [1.807, 2.05) is 13.0 Å². The zero-order valence-electron chi connectivity index (χ0n) is 10.7. The average molecular weight is 258 g/mol. The Labute approximate surface area is 110 Å². The van der Waals surface area contributed by atoms with Crippen molar-refractivity contribution in [2.75, 3.05) is 12.4 Å². The maximum atomic E-state index is 11.3. The van der Waals surface area contributed by atoms with E-state index in [1.165, 1.54) is 13.3 Å². The minimum absolute atomic E-state index is 0.152. The summed E-state index contributed by atoms with van der Waals surface area (Å²) in [6, 6.07) is 8.55. The number of methoxy groups -OCH3 is 1. The molecule has 98 valence electrons. The van der Waals surface area contributed by atoms with E-state index in [9.17, 15) is 9.90 Å². The van der Waals surface area contributed by atoms with E-state index in [0.717, 1.165) is 5.56 Å². The molecular weight excluding hydrogens is 244 g/mol. The molecule has 5 heteroatoms. The first-order valence-corrected chi connectivity index (χ1v) is 5.71. The van der Waals surface area contributed by atoms with Crippen LogP contribution in [0.15, 0.2) is 36.5 Å². The highest BCUT2D eigenvalue weighted by Gasteiger charge is 2.06. The van der Waals surface area contributed by atoms with E-state index in [0.29, 0.717) is 17.1 Å². The van der Waals surface area contributed by atoms with Gasteiger partial charge in [-0.15, -0.1) is 0 Å². The number of carbonyl (C=O) groups excluding carboxylic acids is 1. The van der Waals surface area contributed by atoms with Crippen LogP contribution in [0.4, 0.5) is 11.5 Å². The fourth-order valence-corrected chi connectivity index (χ4v) is 1.59. The highest BCUT2D eigenvalue weighted by molar-refractivity contribution is 5.89. The van der Waals surface area contributed by atoms with Crippen LogP contribution >= 0.6 is 0 Å². The van der Waals surface area contributed by atoms with Gasteiger partial charge in [-0.25, -0.2) is 9.78 Å². The number of aromatic nitrogens is 1. The molecule has 1 aromatic carbocycles. The molecule has 1 heterocycles. The molecule has 0 amide bonds. The van der Waals surface area contributed by atoms with Gasteiger partial charge >= 0.3 is 5.97 Å². The molecule has 0 saturated carbocycles. The Morgan fingerprint density at radius 2 is 2.11 bits per heavy atom. The van der Waals surface area contributed by atoms with Crippen molar-refractivity contribution in [3.63, 3.8) is 0 Å². The maximum absolute atomic E-state index is 11.3. The van der Waals surface area contributed by atoms with Crippen molar-refractivity contribution >= 4 is 17.5 Å². The summed E-state index contributed by atoms with van der Waals surface area (Å²) < 4.78 is 4.59. The van der Waals surface area contributed by atoms with Crippen molar-refractivity contribution in [3.8, 4) is 5.75 Å². The lowest BCUT2D eigenvalue weighted by Gasteiger charge is -2.08. The Kier molecular flexibility index (Phi) is 3.66. The Bertz CT molecular complexity index is 594. The first kappa shape index (κ1) is 12.9. The van der Waals surface area contributed by atoms with E-state index in [2.05, 4.69) is 15.0 Å². The zero-order chi connectivity index (χ0) is 13.8. The second-order valence-electron chi connectivity index (χ2n) is 4.07. The molecule has 0 bridgehead atoms. The summed E-state index contributed by atoms with van der Waals surface area (Å²) in [7, 11) is 1.32. The number of phenolic OH excluding ortho intramolecular Hbond substituents is 1. The molecule has 2 aromatic rings. The summed E-state index contributed by atoms with van der Waals surface area (Å²) in [6.07, 6.45) is 1.42. The third-order valence-corrected chi connectivity index (χ3v) is 2.60. The number of nitrogens with one attached hydrogen (secondary N) is 1. The molecule has 0 radical (unpaired) electrons. The van der Waals surface area contributed by atoms with Gasteiger partial charge in [0.25, 0.3) is 0 Å². The minimum Gasteiger partial charge on any atom is -0.506 e. The number of aryl methyl sites for hydroxylation is 1. The van der Waals surface area contributed by atoms with Crippen LogP contribution in [0.5, 0.6) is 5.75 Å². The normalized spacial score (nSPS) is 10.0. The summed E-state index contributed by atoms with van der Waals surface area (Å²) >= 11 is 0. The first-order chi connectivity index (χ1) is 9.10. The van der Waals surface area contributed by atoms with Crippen LogP contribution in [-0.2, 0) is 4.74 Å². The predicted octanol–water partition coefficient (Wildman–Crippen LogP) is 2.63. The number of anilines is 2. The molecule has 2 N–H and O–H groups in total. The van der Waals surface area contributed by atoms with Crippen LogP contribution in [0, 0.1) is 6.92 Å². The number of esters is 1. The van der Waals surface area contributed by atoms with Gasteiger partial charge in [-0.1, -0.05) is 6.07 Å². The highest BCUT2D eigenvalue weighted by Crippen LogP contribution is 2.26. The van der Waals surface area contributed by atoms with Crippen LogP contribution < -0.4 is 5.32 Å². The minimum atomic E-state index is -0.433. The fourth-order valence-electron chi connectivity index (χ4n) is 1.59. The number of rotatable bonds is 3. The van der Waals surface area contributed by atoms with Gasteiger partial charge in [0.2, 0.25) is 0 Å². The number of hydrogen-bond acceptors (Lipinski definition) is 5. The summed E-state index contributed by atoms with van der Waals surface area (Å²) in [5, 5.41) is 12.7. The van der Waals surface area contributed by atoms with E-state index in [1.54, 1.807) is 24.3 Å². The fraction of sp³-hybridized carbons (Fsp3) is 0.143. The van der Waals surface area contributed by atoms with E-state index in [4.69, 9.17) is 0 Å². The lowest BCUT2D eigenvalue weighted by molar-refractivity contribution is 0.0600. The van der Waals surface area contributed by atoms with Gasteiger partial charge < -0.3 is 15.2 Å². The number of nitrogens with zero attached hydrogens (tertiary/aromatic N) is 1. The van der Waals surface area contributed by atoms with E-state index >= 15 is 0 Å². The number of ether oxygens (including phenoxy) is 1. The number of pyridine rings is 1. The smallest absolute Gasteiger partial charge is 0.339 e. The number of benzene rings is 1. The number of phenols is 1. The van der Waals surface area contributed by atoms with Crippen LogP contribution in [0.2, 0.25) is 0 Å². The number of aromatic hydroxyl groups is 1. The number of carbonyl (C=O) groups is 1. The van der Waals surface area contributed by atoms with Gasteiger partial charge in [-0.3, -0.25) is 0 Å². The topological polar surface area (TPSA) is 71.5 Å². The molecule has 0 atom stereocenters. The molecule has 1 aromatic heterocycles. The van der Waals surface area contributed by atoms with Gasteiger partial charge in [-0.05, 0) is 36.8 Å². The average Bonchev–Trinajstić information content (AvgIpc) is 2.42. The maximum Gasteiger partial charge on any atom is 0.339 e. The summed E-state index contributed by atoms with van der Waals surface area (Å²) in [4.78, 5) is 15.3. The second-order valence-corrected chi connectivity index (χ2v) is 4.07. The van der Waals surface area contributed by atoms with Crippen molar-refractivity contribution < 1.29 is 14.6 Å². The number of hydrogen-bond donors (Lipinski definition) is 2. The third-order valence-electron chi connectivity index (χ3n) is 2.60. The zero-order valence-corrected chi connectivity index (χ0v) is 10.7. The van der Waals surface area contributed by atoms with Crippen molar-refractivity contribution in [3.05, 3.63) is 47.7 Å². The monoisotopic (exact) mass is 258 g/mol. The molecule has 0 unspecified atom stereocenters. The summed E-state index contributed by atoms with van der Waals surface area (Å²) in [5.74, 6) is 0.253. The lowest BCUT2D eigenvalue weighted by Crippen LogP contribution is -2.02. The van der Waals surface area contributed by atoms with E-state index in [-0.39, 0.29) is 5.75 Å². The van der Waals surface area contributed by atoms with Crippen LogP contribution in [0.3, 0.4) is 0 Å². The largest absolute Gasteiger partial charge is 0.506 e. The van der Waals surface area contributed by atoms with Crippen molar-refractivity contribution in [1.82, 2.24) is 4.98 Å². The van der Waals surface area contributed by atoms with Gasteiger partial charge in [0.1, 0.15) is 11.6 Å². The van der Waals surface area contributed by atoms with Crippen LogP contribution in [0.1, 0.15) is 15.9 Å². The molecule has 2 rings (SSSR count). The molecule has 0 aliphatic rings. The van der Waals surface area contributed by atoms with Gasteiger partial charge in [0, 0.05) is 6.20 Å². The highest BCUT2D eigenvalue weighted by atomic mass is 16.5. The molecule has 0 fully saturated rings. The van der Waals surface area contributed by atoms with Crippen LogP contribution in [0.25, 0.3) is 0 Å². The second kappa shape index (κ2) is 5.39. The lowest BCUT2D eigenvalue weighted by atomic mass is 10.2. The Morgan fingerprint density at radius 3 is 2.68 bits per heavy atom. The first-order valence-electron chi connectivity index (χ1n) is 5.71. The van der Waals surface area contributed by atoms with Gasteiger partial charge in [0.05, 0.1) is 18.4 Å². The SMILES string of the molecule is COC(=O)c1ccc(Nc2ccc(C)cc2O)nc1. The predicted molar refractivity (Wildman–Crippen MR) is 71.7 cm³/mol. The molecule has 5 nitrogen and oxygen atoms in total. The molecule has 0 spiro atoms. The summed E-state index contributed by atoms with van der Waals surface area (Å²) in [6.45, 7) is 1.90. The Morgan fingerprint density at radius 1 is 1.32 bits per heavy atom. The molecule has 0 aliphatic heterocycles. The molecule has 19 heavy (non-hydrogen) atoms. The third kappa shape index (κ3) is 3.01. The van der Waals surface area contributed by atoms with Crippen molar-refractivity contribution in [2.45, 2.75) is 6.92 Å².